The third kappa shape index (κ3) is 2.34. The number of benzene rings is 1. The topological polar surface area (TPSA) is 67.0 Å². The SMILES string of the molecule is O=C1CC(c2cccc(OC(F)F)c2)c2cn[nH]c2N1. The van der Waals surface area contributed by atoms with Gasteiger partial charge in [-0.3, -0.25) is 9.89 Å². The number of anilines is 1. The Labute approximate surface area is 112 Å². The monoisotopic (exact) mass is 279 g/mol. The molecule has 1 aromatic carbocycles. The average Bonchev–Trinajstić information content (AvgIpc) is 2.85. The van der Waals surface area contributed by atoms with Crippen molar-refractivity contribution in [3.63, 3.8) is 0 Å². The molecule has 20 heavy (non-hydrogen) atoms. The summed E-state index contributed by atoms with van der Waals surface area (Å²) < 4.78 is 28.9. The van der Waals surface area contributed by atoms with Crippen LogP contribution in [-0.2, 0) is 4.79 Å². The lowest BCUT2D eigenvalue weighted by Crippen LogP contribution is -2.23. The molecule has 0 radical (unpaired) electrons. The minimum absolute atomic E-state index is 0.0773. The molecule has 0 fully saturated rings. The summed E-state index contributed by atoms with van der Waals surface area (Å²) in [6.45, 7) is -2.87. The van der Waals surface area contributed by atoms with Crippen LogP contribution in [0.3, 0.4) is 0 Å². The normalized spacial score (nSPS) is 17.8. The predicted molar refractivity (Wildman–Crippen MR) is 66.8 cm³/mol. The second-order valence-corrected chi connectivity index (χ2v) is 4.46. The summed E-state index contributed by atoms with van der Waals surface area (Å²) in [5.74, 6) is 0.255. The lowest BCUT2D eigenvalue weighted by molar-refractivity contribution is -0.116. The third-order valence-corrected chi connectivity index (χ3v) is 3.18. The Kier molecular flexibility index (Phi) is 3.09. The van der Waals surface area contributed by atoms with E-state index < -0.39 is 6.61 Å². The number of aromatic amines is 1. The number of alkyl halides is 2. The lowest BCUT2D eigenvalue weighted by atomic mass is 9.87. The number of rotatable bonds is 3. The summed E-state index contributed by atoms with van der Waals surface area (Å²) in [4.78, 5) is 11.7. The molecular formula is C13H11F2N3O2. The molecule has 0 saturated heterocycles. The Bertz CT molecular complexity index is 642. The summed E-state index contributed by atoms with van der Waals surface area (Å²) in [5, 5.41) is 9.27. The van der Waals surface area contributed by atoms with Crippen molar-refractivity contribution < 1.29 is 18.3 Å². The molecule has 1 aliphatic heterocycles. The highest BCUT2D eigenvalue weighted by Gasteiger charge is 2.28. The van der Waals surface area contributed by atoms with E-state index in [4.69, 9.17) is 0 Å². The number of halogens is 2. The summed E-state index contributed by atoms with van der Waals surface area (Å²) in [6.07, 6.45) is 1.87. The molecule has 0 aliphatic carbocycles. The first-order valence-corrected chi connectivity index (χ1v) is 6.01. The van der Waals surface area contributed by atoms with Crippen molar-refractivity contribution in [2.75, 3.05) is 5.32 Å². The van der Waals surface area contributed by atoms with Crippen LogP contribution in [-0.4, -0.2) is 22.7 Å². The highest BCUT2D eigenvalue weighted by Crippen LogP contribution is 2.36. The maximum atomic E-state index is 12.2. The summed E-state index contributed by atoms with van der Waals surface area (Å²) in [5.41, 5.74) is 1.57. The fraction of sp³-hybridized carbons (Fsp3) is 0.231. The van der Waals surface area contributed by atoms with Gasteiger partial charge in [-0.2, -0.15) is 13.9 Å². The minimum Gasteiger partial charge on any atom is -0.435 e. The van der Waals surface area contributed by atoms with E-state index in [9.17, 15) is 13.6 Å². The number of hydrogen-bond acceptors (Lipinski definition) is 3. The molecule has 0 saturated carbocycles. The lowest BCUT2D eigenvalue weighted by Gasteiger charge is -2.22. The number of amides is 1. The number of fused-ring (bicyclic) bond motifs is 1. The highest BCUT2D eigenvalue weighted by atomic mass is 19.3. The zero-order chi connectivity index (χ0) is 14.1. The molecule has 2 N–H and O–H groups in total. The number of hydrogen-bond donors (Lipinski definition) is 2. The number of nitrogens with one attached hydrogen (secondary N) is 2. The van der Waals surface area contributed by atoms with Crippen LogP contribution < -0.4 is 10.1 Å². The first-order chi connectivity index (χ1) is 9.63. The molecule has 0 spiro atoms. The maximum Gasteiger partial charge on any atom is 0.387 e. The van der Waals surface area contributed by atoms with Crippen LogP contribution in [0.15, 0.2) is 30.5 Å². The Balaban J connectivity index is 1.95. The van der Waals surface area contributed by atoms with Crippen molar-refractivity contribution in [1.82, 2.24) is 10.2 Å². The molecular weight excluding hydrogens is 268 g/mol. The maximum absolute atomic E-state index is 12.2. The van der Waals surface area contributed by atoms with Gasteiger partial charge in [-0.05, 0) is 17.7 Å². The highest BCUT2D eigenvalue weighted by molar-refractivity contribution is 5.94. The van der Waals surface area contributed by atoms with Gasteiger partial charge in [-0.15, -0.1) is 0 Å². The summed E-state index contributed by atoms with van der Waals surface area (Å²) in [7, 11) is 0. The van der Waals surface area contributed by atoms with E-state index in [-0.39, 0.29) is 24.0 Å². The zero-order valence-corrected chi connectivity index (χ0v) is 10.3. The van der Waals surface area contributed by atoms with Crippen molar-refractivity contribution >= 4 is 11.7 Å². The van der Waals surface area contributed by atoms with Crippen molar-refractivity contribution in [3.8, 4) is 5.75 Å². The number of carbonyl (C=O) groups excluding carboxylic acids is 1. The van der Waals surface area contributed by atoms with Gasteiger partial charge in [0.05, 0.1) is 6.20 Å². The van der Waals surface area contributed by atoms with E-state index in [1.807, 2.05) is 0 Å². The van der Waals surface area contributed by atoms with Gasteiger partial charge in [0, 0.05) is 17.9 Å². The van der Waals surface area contributed by atoms with Crippen molar-refractivity contribution in [2.45, 2.75) is 19.0 Å². The van der Waals surface area contributed by atoms with Gasteiger partial charge in [0.2, 0.25) is 5.91 Å². The third-order valence-electron chi connectivity index (χ3n) is 3.18. The van der Waals surface area contributed by atoms with Crippen LogP contribution in [0, 0.1) is 0 Å². The van der Waals surface area contributed by atoms with Gasteiger partial charge >= 0.3 is 6.61 Å². The number of nitrogens with zero attached hydrogens (tertiary/aromatic N) is 1. The molecule has 1 unspecified atom stereocenters. The van der Waals surface area contributed by atoms with E-state index in [1.165, 1.54) is 12.1 Å². The van der Waals surface area contributed by atoms with Crippen molar-refractivity contribution in [1.29, 1.82) is 0 Å². The molecule has 7 heteroatoms. The van der Waals surface area contributed by atoms with Gasteiger partial charge in [0.25, 0.3) is 0 Å². The van der Waals surface area contributed by atoms with Crippen LogP contribution in [0.5, 0.6) is 5.75 Å². The first-order valence-electron chi connectivity index (χ1n) is 6.01. The molecule has 3 rings (SSSR count). The van der Waals surface area contributed by atoms with Crippen LogP contribution in [0.1, 0.15) is 23.5 Å². The number of carbonyl (C=O) groups is 1. The molecule has 1 amide bonds. The Morgan fingerprint density at radius 3 is 3.05 bits per heavy atom. The van der Waals surface area contributed by atoms with E-state index >= 15 is 0 Å². The largest absolute Gasteiger partial charge is 0.435 e. The first kappa shape index (κ1) is 12.6. The fourth-order valence-corrected chi connectivity index (χ4v) is 2.35. The summed E-state index contributed by atoms with van der Waals surface area (Å²) >= 11 is 0. The molecule has 0 bridgehead atoms. The molecule has 1 atom stereocenters. The zero-order valence-electron chi connectivity index (χ0n) is 10.3. The van der Waals surface area contributed by atoms with Gasteiger partial charge < -0.3 is 10.1 Å². The Morgan fingerprint density at radius 1 is 1.40 bits per heavy atom. The van der Waals surface area contributed by atoms with E-state index in [1.54, 1.807) is 18.3 Å². The van der Waals surface area contributed by atoms with E-state index in [0.717, 1.165) is 11.1 Å². The second kappa shape index (κ2) is 4.92. The predicted octanol–water partition coefficient (Wildman–Crippen LogP) is 2.49. The molecule has 1 aliphatic rings. The van der Waals surface area contributed by atoms with Crippen LogP contribution in [0.4, 0.5) is 14.6 Å². The average molecular weight is 279 g/mol. The Morgan fingerprint density at radius 2 is 2.25 bits per heavy atom. The van der Waals surface area contributed by atoms with Gasteiger partial charge in [0.1, 0.15) is 11.6 Å². The van der Waals surface area contributed by atoms with Crippen LogP contribution in [0.2, 0.25) is 0 Å². The second-order valence-electron chi connectivity index (χ2n) is 4.46. The van der Waals surface area contributed by atoms with Crippen LogP contribution >= 0.6 is 0 Å². The standard InChI is InChI=1S/C13H11F2N3O2/c14-13(15)20-8-3-1-2-7(4-8)9-5-11(19)17-12-10(9)6-16-18-12/h1-4,6,9,13H,5H2,(H2,16,17,18,19). The fourth-order valence-electron chi connectivity index (χ4n) is 2.35. The number of aromatic nitrogens is 2. The van der Waals surface area contributed by atoms with Gasteiger partial charge in [-0.25, -0.2) is 0 Å². The molecule has 2 heterocycles. The minimum atomic E-state index is -2.87. The molecule has 5 nitrogen and oxygen atoms in total. The summed E-state index contributed by atoms with van der Waals surface area (Å²) in [6, 6.07) is 6.37. The molecule has 104 valence electrons. The Hall–Kier alpha value is -2.44. The molecule has 1 aromatic heterocycles. The number of ether oxygens (including phenoxy) is 1. The molecule has 2 aromatic rings. The van der Waals surface area contributed by atoms with Crippen molar-refractivity contribution in [3.05, 3.63) is 41.6 Å². The van der Waals surface area contributed by atoms with Gasteiger partial charge in [0.15, 0.2) is 0 Å². The quantitative estimate of drug-likeness (QED) is 0.907. The van der Waals surface area contributed by atoms with Crippen LogP contribution in [0.25, 0.3) is 0 Å². The van der Waals surface area contributed by atoms with Gasteiger partial charge in [-0.1, -0.05) is 12.1 Å². The number of H-pyrrole nitrogens is 1. The smallest absolute Gasteiger partial charge is 0.387 e. The van der Waals surface area contributed by atoms with E-state index in [0.29, 0.717) is 5.82 Å². The van der Waals surface area contributed by atoms with Crippen molar-refractivity contribution in [2.24, 2.45) is 0 Å². The van der Waals surface area contributed by atoms with E-state index in [2.05, 4.69) is 20.3 Å².